The average Bonchev–Trinajstić information content (AvgIpc) is 2.68. The third kappa shape index (κ3) is 3.06. The summed E-state index contributed by atoms with van der Waals surface area (Å²) in [6, 6.07) is 14.0. The zero-order valence-corrected chi connectivity index (χ0v) is 15.8. The first-order valence-corrected chi connectivity index (χ1v) is 10.6. The highest BCUT2D eigenvalue weighted by molar-refractivity contribution is 7.91. The van der Waals surface area contributed by atoms with Gasteiger partial charge in [0.15, 0.2) is 0 Å². The maximum Gasteiger partial charge on any atom is 0.210 e. The van der Waals surface area contributed by atoms with Crippen molar-refractivity contribution in [2.75, 3.05) is 18.0 Å². The standard InChI is InChI=1S/C20H19ClN2O2S/c21-15-8-10-16(11-9-15)26(24,25)19-14-22-18-7-3-2-6-17(18)20(19)23-12-4-1-5-13-23/h2-3,6-11,14H,1,4-5,12-13H2. The molecule has 3 aromatic rings. The van der Waals surface area contributed by atoms with Gasteiger partial charge in [0.1, 0.15) is 4.90 Å². The molecule has 0 spiro atoms. The Morgan fingerprint density at radius 1 is 0.923 bits per heavy atom. The Balaban J connectivity index is 1.95. The summed E-state index contributed by atoms with van der Waals surface area (Å²) in [4.78, 5) is 7.10. The van der Waals surface area contributed by atoms with Crippen LogP contribution in [0.25, 0.3) is 10.9 Å². The molecule has 134 valence electrons. The van der Waals surface area contributed by atoms with Gasteiger partial charge in [-0.3, -0.25) is 4.98 Å². The normalized spacial score (nSPS) is 15.3. The van der Waals surface area contributed by atoms with Crippen molar-refractivity contribution < 1.29 is 8.42 Å². The highest BCUT2D eigenvalue weighted by atomic mass is 35.5. The first kappa shape index (κ1) is 17.3. The lowest BCUT2D eigenvalue weighted by Crippen LogP contribution is -2.31. The van der Waals surface area contributed by atoms with E-state index in [-0.39, 0.29) is 9.79 Å². The smallest absolute Gasteiger partial charge is 0.210 e. The molecule has 1 saturated heterocycles. The Labute approximate surface area is 158 Å². The highest BCUT2D eigenvalue weighted by Crippen LogP contribution is 2.37. The van der Waals surface area contributed by atoms with Crippen LogP contribution in [0.2, 0.25) is 5.02 Å². The van der Waals surface area contributed by atoms with E-state index in [0.29, 0.717) is 5.02 Å². The molecule has 0 atom stereocenters. The summed E-state index contributed by atoms with van der Waals surface area (Å²) >= 11 is 5.92. The van der Waals surface area contributed by atoms with E-state index in [1.807, 2.05) is 24.3 Å². The Bertz CT molecular complexity index is 1040. The van der Waals surface area contributed by atoms with E-state index in [0.717, 1.165) is 42.5 Å². The van der Waals surface area contributed by atoms with Crippen LogP contribution < -0.4 is 4.90 Å². The number of para-hydroxylation sites is 1. The summed E-state index contributed by atoms with van der Waals surface area (Å²) in [5.41, 5.74) is 1.58. The van der Waals surface area contributed by atoms with Crippen molar-refractivity contribution >= 4 is 38.0 Å². The van der Waals surface area contributed by atoms with Crippen molar-refractivity contribution in [1.82, 2.24) is 4.98 Å². The number of rotatable bonds is 3. The maximum absolute atomic E-state index is 13.3. The molecule has 1 aliphatic heterocycles. The third-order valence-electron chi connectivity index (χ3n) is 4.80. The number of aromatic nitrogens is 1. The quantitative estimate of drug-likeness (QED) is 0.654. The van der Waals surface area contributed by atoms with Crippen molar-refractivity contribution in [3.05, 3.63) is 59.8 Å². The van der Waals surface area contributed by atoms with Crippen LogP contribution in [-0.2, 0) is 9.84 Å². The number of anilines is 1. The fourth-order valence-corrected chi connectivity index (χ4v) is 5.05. The number of nitrogens with zero attached hydrogens (tertiary/aromatic N) is 2. The molecule has 1 aliphatic rings. The number of benzene rings is 2. The van der Waals surface area contributed by atoms with Gasteiger partial charge in [0.05, 0.1) is 16.1 Å². The van der Waals surface area contributed by atoms with E-state index in [4.69, 9.17) is 11.6 Å². The number of sulfone groups is 1. The minimum absolute atomic E-state index is 0.234. The van der Waals surface area contributed by atoms with Crippen LogP contribution >= 0.6 is 11.6 Å². The fraction of sp³-hybridized carbons (Fsp3) is 0.250. The molecule has 1 aromatic heterocycles. The van der Waals surface area contributed by atoms with Crippen LogP contribution in [-0.4, -0.2) is 26.5 Å². The van der Waals surface area contributed by atoms with Gasteiger partial charge in [0.2, 0.25) is 9.84 Å². The summed E-state index contributed by atoms with van der Waals surface area (Å²) < 4.78 is 26.7. The molecule has 0 aliphatic carbocycles. The molecular weight excluding hydrogens is 368 g/mol. The lowest BCUT2D eigenvalue weighted by atomic mass is 10.1. The van der Waals surface area contributed by atoms with Gasteiger partial charge >= 0.3 is 0 Å². The van der Waals surface area contributed by atoms with Crippen molar-refractivity contribution in [2.24, 2.45) is 0 Å². The van der Waals surface area contributed by atoms with Crippen LogP contribution in [0.4, 0.5) is 5.69 Å². The molecule has 0 radical (unpaired) electrons. The maximum atomic E-state index is 13.3. The molecule has 2 aromatic carbocycles. The molecule has 0 amide bonds. The Morgan fingerprint density at radius 2 is 1.62 bits per heavy atom. The fourth-order valence-electron chi connectivity index (χ4n) is 3.49. The average molecular weight is 387 g/mol. The largest absolute Gasteiger partial charge is 0.370 e. The van der Waals surface area contributed by atoms with Crippen molar-refractivity contribution in [3.63, 3.8) is 0 Å². The van der Waals surface area contributed by atoms with E-state index in [9.17, 15) is 8.42 Å². The third-order valence-corrected chi connectivity index (χ3v) is 6.82. The van der Waals surface area contributed by atoms with Crippen LogP contribution in [0, 0.1) is 0 Å². The van der Waals surface area contributed by atoms with Gasteiger partial charge in [-0.1, -0.05) is 29.8 Å². The summed E-state index contributed by atoms with van der Waals surface area (Å²) in [6.45, 7) is 1.72. The summed E-state index contributed by atoms with van der Waals surface area (Å²) in [5.74, 6) is 0. The molecule has 2 heterocycles. The molecule has 0 bridgehead atoms. The van der Waals surface area contributed by atoms with Crippen molar-refractivity contribution in [2.45, 2.75) is 29.1 Å². The van der Waals surface area contributed by atoms with Crippen molar-refractivity contribution in [1.29, 1.82) is 0 Å². The van der Waals surface area contributed by atoms with E-state index in [1.54, 1.807) is 24.3 Å². The molecule has 26 heavy (non-hydrogen) atoms. The molecule has 0 N–H and O–H groups in total. The van der Waals surface area contributed by atoms with Gasteiger partial charge in [-0.2, -0.15) is 0 Å². The predicted octanol–water partition coefficient (Wildman–Crippen LogP) is 4.71. The number of pyridine rings is 1. The molecular formula is C20H19ClN2O2S. The first-order chi connectivity index (χ1) is 12.6. The molecule has 0 saturated carbocycles. The number of halogens is 1. The van der Waals surface area contributed by atoms with E-state index in [2.05, 4.69) is 9.88 Å². The van der Waals surface area contributed by atoms with E-state index < -0.39 is 9.84 Å². The molecule has 4 rings (SSSR count). The zero-order chi connectivity index (χ0) is 18.1. The van der Waals surface area contributed by atoms with Crippen LogP contribution in [0.15, 0.2) is 64.5 Å². The van der Waals surface area contributed by atoms with Crippen LogP contribution in [0.3, 0.4) is 0 Å². The number of hydrogen-bond acceptors (Lipinski definition) is 4. The second kappa shape index (κ2) is 6.89. The van der Waals surface area contributed by atoms with Gasteiger partial charge in [-0.05, 0) is 49.6 Å². The van der Waals surface area contributed by atoms with Gasteiger partial charge in [0, 0.05) is 29.7 Å². The second-order valence-corrected chi connectivity index (χ2v) is 8.85. The molecule has 0 unspecified atom stereocenters. The van der Waals surface area contributed by atoms with Gasteiger partial charge in [-0.15, -0.1) is 0 Å². The van der Waals surface area contributed by atoms with Gasteiger partial charge in [0.25, 0.3) is 0 Å². The second-order valence-electron chi connectivity index (χ2n) is 6.49. The molecule has 6 heteroatoms. The van der Waals surface area contributed by atoms with Crippen LogP contribution in [0.5, 0.6) is 0 Å². The first-order valence-electron chi connectivity index (χ1n) is 8.71. The monoisotopic (exact) mass is 386 g/mol. The number of hydrogen-bond donors (Lipinski definition) is 0. The summed E-state index contributed by atoms with van der Waals surface area (Å²) in [7, 11) is -3.69. The minimum atomic E-state index is -3.69. The van der Waals surface area contributed by atoms with Crippen molar-refractivity contribution in [3.8, 4) is 0 Å². The van der Waals surface area contributed by atoms with Crippen LogP contribution in [0.1, 0.15) is 19.3 Å². The zero-order valence-electron chi connectivity index (χ0n) is 14.2. The van der Waals surface area contributed by atoms with Gasteiger partial charge in [-0.25, -0.2) is 8.42 Å². The SMILES string of the molecule is O=S(=O)(c1ccc(Cl)cc1)c1cnc2ccccc2c1N1CCCCC1. The molecule has 1 fully saturated rings. The van der Waals surface area contributed by atoms with E-state index in [1.165, 1.54) is 12.6 Å². The van der Waals surface area contributed by atoms with E-state index >= 15 is 0 Å². The Kier molecular flexibility index (Phi) is 4.59. The predicted molar refractivity (Wildman–Crippen MR) is 105 cm³/mol. The number of fused-ring (bicyclic) bond motifs is 1. The summed E-state index contributed by atoms with van der Waals surface area (Å²) in [6.07, 6.45) is 4.81. The highest BCUT2D eigenvalue weighted by Gasteiger charge is 2.27. The molecule has 4 nitrogen and oxygen atoms in total. The lowest BCUT2D eigenvalue weighted by molar-refractivity contribution is 0.572. The summed E-state index contributed by atoms with van der Waals surface area (Å²) in [5, 5.41) is 1.39. The van der Waals surface area contributed by atoms with Gasteiger partial charge < -0.3 is 4.90 Å². The Morgan fingerprint density at radius 3 is 2.35 bits per heavy atom. The Hall–Kier alpha value is -2.11. The lowest BCUT2D eigenvalue weighted by Gasteiger charge is -2.31. The minimum Gasteiger partial charge on any atom is -0.370 e. The number of piperidine rings is 1. The topological polar surface area (TPSA) is 50.3 Å².